The standard InChI is InChI=1S/C19H18ClN3O2/c20-14-5-7-16(8-6-14)23-12-15(11-18(23)24)21-19(25)22-10-9-13-3-1-2-4-17(13)22/h1-8,15H,9-12H2,(H,21,25). The molecule has 2 aliphatic heterocycles. The minimum absolute atomic E-state index is 0.00874. The average Bonchev–Trinajstić information content (AvgIpc) is 3.19. The summed E-state index contributed by atoms with van der Waals surface area (Å²) in [7, 11) is 0. The minimum atomic E-state index is -0.191. The second kappa shape index (κ2) is 6.41. The molecule has 2 heterocycles. The van der Waals surface area contributed by atoms with Crippen molar-refractivity contribution in [2.75, 3.05) is 22.9 Å². The van der Waals surface area contributed by atoms with Crippen molar-refractivity contribution >= 4 is 34.9 Å². The Kier molecular flexibility index (Phi) is 4.09. The van der Waals surface area contributed by atoms with Crippen molar-refractivity contribution in [2.24, 2.45) is 0 Å². The molecule has 1 atom stereocenters. The van der Waals surface area contributed by atoms with E-state index in [1.807, 2.05) is 36.4 Å². The van der Waals surface area contributed by atoms with E-state index in [4.69, 9.17) is 11.6 Å². The molecular weight excluding hydrogens is 338 g/mol. The van der Waals surface area contributed by atoms with E-state index >= 15 is 0 Å². The van der Waals surface area contributed by atoms with E-state index in [2.05, 4.69) is 5.32 Å². The van der Waals surface area contributed by atoms with E-state index in [1.165, 1.54) is 5.56 Å². The Labute approximate surface area is 151 Å². The van der Waals surface area contributed by atoms with Gasteiger partial charge in [0, 0.05) is 35.9 Å². The summed E-state index contributed by atoms with van der Waals surface area (Å²) in [6.45, 7) is 1.15. The van der Waals surface area contributed by atoms with Gasteiger partial charge in [-0.25, -0.2) is 4.79 Å². The SMILES string of the molecule is O=C1CC(NC(=O)N2CCc3ccccc32)CN1c1ccc(Cl)cc1. The number of rotatable bonds is 2. The molecule has 3 amide bonds. The second-order valence-electron chi connectivity index (χ2n) is 6.36. The van der Waals surface area contributed by atoms with E-state index in [-0.39, 0.29) is 18.0 Å². The first-order valence-corrected chi connectivity index (χ1v) is 8.71. The third kappa shape index (κ3) is 3.07. The molecular formula is C19H18ClN3O2. The second-order valence-corrected chi connectivity index (χ2v) is 6.80. The lowest BCUT2D eigenvalue weighted by molar-refractivity contribution is -0.117. The van der Waals surface area contributed by atoms with Gasteiger partial charge in [0.2, 0.25) is 5.91 Å². The maximum absolute atomic E-state index is 12.6. The van der Waals surface area contributed by atoms with Gasteiger partial charge in [-0.2, -0.15) is 0 Å². The van der Waals surface area contributed by atoms with Crippen molar-refractivity contribution in [1.29, 1.82) is 0 Å². The number of amides is 3. The summed E-state index contributed by atoms with van der Waals surface area (Å²) in [5.41, 5.74) is 2.94. The van der Waals surface area contributed by atoms with Gasteiger partial charge in [-0.3, -0.25) is 9.69 Å². The van der Waals surface area contributed by atoms with Crippen LogP contribution in [0.3, 0.4) is 0 Å². The van der Waals surface area contributed by atoms with Crippen LogP contribution in [0.1, 0.15) is 12.0 Å². The number of nitrogens with one attached hydrogen (secondary N) is 1. The predicted octanol–water partition coefficient (Wildman–Crippen LogP) is 3.22. The van der Waals surface area contributed by atoms with Gasteiger partial charge in [0.15, 0.2) is 0 Å². The number of hydrogen-bond donors (Lipinski definition) is 1. The monoisotopic (exact) mass is 355 g/mol. The molecule has 25 heavy (non-hydrogen) atoms. The molecule has 1 saturated heterocycles. The Morgan fingerprint density at radius 3 is 2.68 bits per heavy atom. The van der Waals surface area contributed by atoms with E-state index in [0.29, 0.717) is 24.5 Å². The van der Waals surface area contributed by atoms with Crippen LogP contribution in [0, 0.1) is 0 Å². The molecule has 0 aromatic heterocycles. The highest BCUT2D eigenvalue weighted by molar-refractivity contribution is 6.30. The highest BCUT2D eigenvalue weighted by atomic mass is 35.5. The van der Waals surface area contributed by atoms with Crippen LogP contribution >= 0.6 is 11.6 Å². The molecule has 128 valence electrons. The van der Waals surface area contributed by atoms with Gasteiger partial charge < -0.3 is 10.2 Å². The summed E-state index contributed by atoms with van der Waals surface area (Å²) < 4.78 is 0. The number of carbonyl (C=O) groups is 2. The van der Waals surface area contributed by atoms with Crippen LogP contribution in [-0.2, 0) is 11.2 Å². The van der Waals surface area contributed by atoms with E-state index in [1.54, 1.807) is 21.9 Å². The number of hydrogen-bond acceptors (Lipinski definition) is 2. The first-order chi connectivity index (χ1) is 12.1. The van der Waals surface area contributed by atoms with Crippen molar-refractivity contribution in [3.63, 3.8) is 0 Å². The van der Waals surface area contributed by atoms with Crippen molar-refractivity contribution in [1.82, 2.24) is 5.32 Å². The molecule has 0 bridgehead atoms. The van der Waals surface area contributed by atoms with Crippen LogP contribution in [-0.4, -0.2) is 31.1 Å². The maximum atomic E-state index is 12.6. The normalized spacial score (nSPS) is 19.2. The van der Waals surface area contributed by atoms with Gasteiger partial charge in [0.05, 0.1) is 6.04 Å². The number of urea groups is 1. The summed E-state index contributed by atoms with van der Waals surface area (Å²) in [6, 6.07) is 14.8. The Balaban J connectivity index is 1.43. The summed E-state index contributed by atoms with van der Waals surface area (Å²) in [5, 5.41) is 3.63. The quantitative estimate of drug-likeness (QED) is 0.899. The van der Waals surface area contributed by atoms with Crippen LogP contribution in [0.4, 0.5) is 16.2 Å². The fourth-order valence-corrected chi connectivity index (χ4v) is 3.60. The van der Waals surface area contributed by atoms with Crippen LogP contribution in [0.5, 0.6) is 0 Å². The van der Waals surface area contributed by atoms with Gasteiger partial charge in [0.25, 0.3) is 0 Å². The molecule has 5 nitrogen and oxygen atoms in total. The van der Waals surface area contributed by atoms with Gasteiger partial charge >= 0.3 is 6.03 Å². The summed E-state index contributed by atoms with van der Waals surface area (Å²) in [5.74, 6) is 0.00874. The zero-order valence-corrected chi connectivity index (χ0v) is 14.4. The third-order valence-corrected chi connectivity index (χ3v) is 4.98. The molecule has 0 spiro atoms. The van der Waals surface area contributed by atoms with E-state index in [9.17, 15) is 9.59 Å². The molecule has 0 saturated carbocycles. The minimum Gasteiger partial charge on any atom is -0.333 e. The molecule has 6 heteroatoms. The fraction of sp³-hybridized carbons (Fsp3) is 0.263. The summed E-state index contributed by atoms with van der Waals surface area (Å²) >= 11 is 5.90. The predicted molar refractivity (Wildman–Crippen MR) is 98.2 cm³/mol. The highest BCUT2D eigenvalue weighted by Gasteiger charge is 2.33. The highest BCUT2D eigenvalue weighted by Crippen LogP contribution is 2.28. The smallest absolute Gasteiger partial charge is 0.322 e. The molecule has 0 radical (unpaired) electrons. The van der Waals surface area contributed by atoms with Crippen LogP contribution < -0.4 is 15.1 Å². The van der Waals surface area contributed by atoms with Crippen LogP contribution in [0.15, 0.2) is 48.5 Å². The molecule has 0 aliphatic carbocycles. The largest absolute Gasteiger partial charge is 0.333 e. The Morgan fingerprint density at radius 2 is 1.88 bits per heavy atom. The van der Waals surface area contributed by atoms with Crippen molar-refractivity contribution < 1.29 is 9.59 Å². The number of para-hydroxylation sites is 1. The number of fused-ring (bicyclic) bond motifs is 1. The van der Waals surface area contributed by atoms with Crippen molar-refractivity contribution in [3.05, 3.63) is 59.1 Å². The molecule has 2 aliphatic rings. The Hall–Kier alpha value is -2.53. The first-order valence-electron chi connectivity index (χ1n) is 8.34. The molecule has 4 rings (SSSR count). The lowest BCUT2D eigenvalue weighted by Crippen LogP contribution is -2.45. The third-order valence-electron chi connectivity index (χ3n) is 4.72. The lowest BCUT2D eigenvalue weighted by atomic mass is 10.2. The van der Waals surface area contributed by atoms with Gasteiger partial charge in [-0.05, 0) is 42.3 Å². The van der Waals surface area contributed by atoms with E-state index < -0.39 is 0 Å². The molecule has 1 N–H and O–H groups in total. The number of benzene rings is 2. The van der Waals surface area contributed by atoms with E-state index in [0.717, 1.165) is 17.8 Å². The number of anilines is 2. The zero-order chi connectivity index (χ0) is 17.4. The van der Waals surface area contributed by atoms with Gasteiger partial charge in [-0.1, -0.05) is 29.8 Å². The van der Waals surface area contributed by atoms with Crippen molar-refractivity contribution in [2.45, 2.75) is 18.9 Å². The number of nitrogens with zero attached hydrogens (tertiary/aromatic N) is 2. The lowest BCUT2D eigenvalue weighted by Gasteiger charge is -2.21. The van der Waals surface area contributed by atoms with Crippen LogP contribution in [0.25, 0.3) is 0 Å². The maximum Gasteiger partial charge on any atom is 0.322 e. The van der Waals surface area contributed by atoms with Gasteiger partial charge in [0.1, 0.15) is 0 Å². The molecule has 1 fully saturated rings. The van der Waals surface area contributed by atoms with Gasteiger partial charge in [-0.15, -0.1) is 0 Å². The fourth-order valence-electron chi connectivity index (χ4n) is 3.48. The number of carbonyl (C=O) groups excluding carboxylic acids is 2. The first kappa shape index (κ1) is 16.0. The summed E-state index contributed by atoms with van der Waals surface area (Å²) in [4.78, 5) is 28.4. The van der Waals surface area contributed by atoms with Crippen LogP contribution in [0.2, 0.25) is 5.02 Å². The summed E-state index contributed by atoms with van der Waals surface area (Å²) in [6.07, 6.45) is 1.17. The average molecular weight is 356 g/mol. The number of halogens is 1. The zero-order valence-electron chi connectivity index (χ0n) is 13.6. The topological polar surface area (TPSA) is 52.7 Å². The Morgan fingerprint density at radius 1 is 1.12 bits per heavy atom. The Bertz CT molecular complexity index is 822. The molecule has 2 aromatic rings. The van der Waals surface area contributed by atoms with Crippen molar-refractivity contribution in [3.8, 4) is 0 Å². The molecule has 2 aromatic carbocycles. The molecule has 1 unspecified atom stereocenters.